The largest absolute Gasteiger partial charge is 0.352 e. The zero-order valence-corrected chi connectivity index (χ0v) is 22.2. The van der Waals surface area contributed by atoms with Crippen molar-refractivity contribution in [3.63, 3.8) is 0 Å². The number of carbonyl (C=O) groups is 2. The van der Waals surface area contributed by atoms with Crippen molar-refractivity contribution in [2.75, 3.05) is 29.9 Å². The van der Waals surface area contributed by atoms with Gasteiger partial charge in [0.2, 0.25) is 5.91 Å². The van der Waals surface area contributed by atoms with E-state index in [-0.39, 0.29) is 17.7 Å². The Morgan fingerprint density at radius 1 is 1.08 bits per heavy atom. The van der Waals surface area contributed by atoms with Crippen LogP contribution >= 0.6 is 0 Å². The van der Waals surface area contributed by atoms with Crippen LogP contribution in [0.25, 0.3) is 0 Å². The molecule has 0 radical (unpaired) electrons. The summed E-state index contributed by atoms with van der Waals surface area (Å²) in [4.78, 5) is 30.9. The van der Waals surface area contributed by atoms with E-state index < -0.39 is 0 Å². The number of hydrogen-bond donors (Lipinski definition) is 2. The molecule has 8 heteroatoms. The van der Waals surface area contributed by atoms with Crippen molar-refractivity contribution < 1.29 is 9.59 Å². The highest BCUT2D eigenvalue weighted by molar-refractivity contribution is 6.08. The SMILES string of the molecule is Cc1cc(C(=O)N2Cc3cnn(C)c3Nc3ccccc32)ccc1CNC(=O)C1CCN(CC2CC2)CC1. The molecule has 0 bridgehead atoms. The lowest BCUT2D eigenvalue weighted by atomic mass is 9.95. The van der Waals surface area contributed by atoms with Gasteiger partial charge in [0.15, 0.2) is 0 Å². The number of fused-ring (bicyclic) bond motifs is 2. The smallest absolute Gasteiger partial charge is 0.258 e. The summed E-state index contributed by atoms with van der Waals surface area (Å²) < 4.78 is 1.80. The van der Waals surface area contributed by atoms with Crippen LogP contribution in [0, 0.1) is 18.8 Å². The van der Waals surface area contributed by atoms with Gasteiger partial charge >= 0.3 is 0 Å². The van der Waals surface area contributed by atoms with E-state index >= 15 is 0 Å². The van der Waals surface area contributed by atoms with E-state index in [2.05, 4.69) is 20.6 Å². The lowest BCUT2D eigenvalue weighted by Gasteiger charge is -2.31. The van der Waals surface area contributed by atoms with Crippen LogP contribution < -0.4 is 15.5 Å². The maximum absolute atomic E-state index is 13.8. The number of amides is 2. The number of hydrogen-bond acceptors (Lipinski definition) is 5. The number of aryl methyl sites for hydroxylation is 2. The summed E-state index contributed by atoms with van der Waals surface area (Å²) in [7, 11) is 1.89. The van der Waals surface area contributed by atoms with Gasteiger partial charge in [0, 0.05) is 37.2 Å². The van der Waals surface area contributed by atoms with Gasteiger partial charge in [-0.3, -0.25) is 14.3 Å². The average molecular weight is 513 g/mol. The number of carbonyl (C=O) groups excluding carboxylic acids is 2. The molecule has 0 atom stereocenters. The maximum Gasteiger partial charge on any atom is 0.258 e. The molecular weight excluding hydrogens is 476 g/mol. The molecule has 1 saturated heterocycles. The van der Waals surface area contributed by atoms with E-state index in [0.29, 0.717) is 18.7 Å². The Hall–Kier alpha value is -3.65. The third-order valence-electron chi connectivity index (χ3n) is 8.25. The van der Waals surface area contributed by atoms with E-state index in [4.69, 9.17) is 0 Å². The highest BCUT2D eigenvalue weighted by Gasteiger charge is 2.30. The minimum atomic E-state index is -0.0624. The first-order chi connectivity index (χ1) is 18.5. The predicted octanol–water partition coefficient (Wildman–Crippen LogP) is 4.37. The second-order valence-electron chi connectivity index (χ2n) is 11.1. The van der Waals surface area contributed by atoms with Gasteiger partial charge in [0.25, 0.3) is 5.91 Å². The number of benzene rings is 2. The Labute approximate surface area is 224 Å². The molecule has 2 fully saturated rings. The number of nitrogens with zero attached hydrogens (tertiary/aromatic N) is 4. The normalized spacial score (nSPS) is 17.8. The zero-order chi connectivity index (χ0) is 26.2. The monoisotopic (exact) mass is 512 g/mol. The quantitative estimate of drug-likeness (QED) is 0.513. The van der Waals surface area contributed by atoms with Gasteiger partial charge in [-0.15, -0.1) is 0 Å². The summed E-state index contributed by atoms with van der Waals surface area (Å²) in [5.74, 6) is 1.98. The van der Waals surface area contributed by atoms with Gasteiger partial charge in [0.1, 0.15) is 5.82 Å². The topological polar surface area (TPSA) is 82.5 Å². The Bertz CT molecular complexity index is 1350. The molecule has 2 amide bonds. The van der Waals surface area contributed by atoms with Crippen LogP contribution in [-0.2, 0) is 24.9 Å². The number of nitrogens with one attached hydrogen (secondary N) is 2. The zero-order valence-electron chi connectivity index (χ0n) is 22.2. The van der Waals surface area contributed by atoms with Crippen LogP contribution in [0.15, 0.2) is 48.7 Å². The Morgan fingerprint density at radius 2 is 1.87 bits per heavy atom. The number of anilines is 3. The molecule has 6 rings (SSSR count). The minimum Gasteiger partial charge on any atom is -0.352 e. The third-order valence-corrected chi connectivity index (χ3v) is 8.25. The molecule has 8 nitrogen and oxygen atoms in total. The predicted molar refractivity (Wildman–Crippen MR) is 148 cm³/mol. The molecule has 3 heterocycles. The minimum absolute atomic E-state index is 0.0624. The summed E-state index contributed by atoms with van der Waals surface area (Å²) in [5, 5.41) is 11.0. The van der Waals surface area contributed by atoms with Crippen molar-refractivity contribution in [1.82, 2.24) is 20.0 Å². The first-order valence-corrected chi connectivity index (χ1v) is 13.7. The molecule has 2 aromatic carbocycles. The third kappa shape index (κ3) is 5.05. The van der Waals surface area contributed by atoms with Crippen LogP contribution in [0.3, 0.4) is 0 Å². The molecule has 1 saturated carbocycles. The van der Waals surface area contributed by atoms with Gasteiger partial charge in [-0.1, -0.05) is 18.2 Å². The molecule has 2 aliphatic heterocycles. The lowest BCUT2D eigenvalue weighted by Crippen LogP contribution is -2.41. The fraction of sp³-hybridized carbons (Fsp3) is 0.433. The molecule has 1 aromatic heterocycles. The molecule has 3 aromatic rings. The van der Waals surface area contributed by atoms with E-state index in [0.717, 1.165) is 65.7 Å². The molecule has 3 aliphatic rings. The van der Waals surface area contributed by atoms with E-state index in [1.54, 1.807) is 4.68 Å². The summed E-state index contributed by atoms with van der Waals surface area (Å²) >= 11 is 0. The highest BCUT2D eigenvalue weighted by Crippen LogP contribution is 2.36. The Morgan fingerprint density at radius 3 is 2.63 bits per heavy atom. The van der Waals surface area contributed by atoms with Gasteiger partial charge < -0.3 is 20.4 Å². The number of rotatable bonds is 6. The number of aromatic nitrogens is 2. The summed E-state index contributed by atoms with van der Waals surface area (Å²) in [6.45, 7) is 6.19. The molecule has 198 valence electrons. The fourth-order valence-electron chi connectivity index (χ4n) is 5.69. The fourth-order valence-corrected chi connectivity index (χ4v) is 5.69. The Balaban J connectivity index is 1.12. The average Bonchev–Trinajstić information content (AvgIpc) is 3.71. The summed E-state index contributed by atoms with van der Waals surface area (Å²) in [6, 6.07) is 13.6. The van der Waals surface area contributed by atoms with Gasteiger partial charge in [-0.05, 0) is 87.0 Å². The Kier molecular flexibility index (Phi) is 6.66. The van der Waals surface area contributed by atoms with Crippen LogP contribution in [0.4, 0.5) is 17.2 Å². The van der Waals surface area contributed by atoms with E-state index in [9.17, 15) is 9.59 Å². The number of piperidine rings is 1. The maximum atomic E-state index is 13.8. The van der Waals surface area contributed by atoms with Crippen molar-refractivity contribution >= 4 is 29.0 Å². The van der Waals surface area contributed by atoms with Crippen LogP contribution in [0.5, 0.6) is 0 Å². The highest BCUT2D eigenvalue weighted by atomic mass is 16.2. The van der Waals surface area contributed by atoms with Crippen molar-refractivity contribution in [3.05, 3.63) is 70.9 Å². The summed E-state index contributed by atoms with van der Waals surface area (Å²) in [6.07, 6.45) is 6.43. The van der Waals surface area contributed by atoms with Crippen molar-refractivity contribution in [1.29, 1.82) is 0 Å². The van der Waals surface area contributed by atoms with E-state index in [1.165, 1.54) is 19.4 Å². The molecule has 1 aliphatic carbocycles. The van der Waals surface area contributed by atoms with Crippen LogP contribution in [0.1, 0.15) is 52.7 Å². The van der Waals surface area contributed by atoms with Crippen LogP contribution in [-0.4, -0.2) is 46.1 Å². The standard InChI is InChI=1S/C30H36N6O2/c1-20-15-23(9-10-24(20)16-31-29(37)22-11-13-35(14-12-22)18-21-7-8-21)30(38)36-19-25-17-32-34(2)28(25)33-26-5-3-4-6-27(26)36/h3-6,9-10,15,17,21-22,33H,7-8,11-14,16,18-19H2,1-2H3,(H,31,37). The first kappa shape index (κ1) is 24.7. The number of para-hydroxylation sites is 2. The second kappa shape index (κ2) is 10.3. The second-order valence-corrected chi connectivity index (χ2v) is 11.1. The van der Waals surface area contributed by atoms with Gasteiger partial charge in [0.05, 0.1) is 24.1 Å². The van der Waals surface area contributed by atoms with Crippen molar-refractivity contribution in [3.8, 4) is 0 Å². The molecular formula is C30H36N6O2. The molecule has 38 heavy (non-hydrogen) atoms. The van der Waals surface area contributed by atoms with Gasteiger partial charge in [-0.25, -0.2) is 0 Å². The molecule has 0 unspecified atom stereocenters. The first-order valence-electron chi connectivity index (χ1n) is 13.7. The van der Waals surface area contributed by atoms with Crippen molar-refractivity contribution in [2.45, 2.75) is 45.7 Å². The summed E-state index contributed by atoms with van der Waals surface area (Å²) in [5.41, 5.74) is 5.34. The molecule has 0 spiro atoms. The van der Waals surface area contributed by atoms with Gasteiger partial charge in [-0.2, -0.15) is 5.10 Å². The van der Waals surface area contributed by atoms with E-state index in [1.807, 2.05) is 67.5 Å². The number of likely N-dealkylation sites (tertiary alicyclic amines) is 1. The van der Waals surface area contributed by atoms with Crippen molar-refractivity contribution in [2.24, 2.45) is 18.9 Å². The lowest BCUT2D eigenvalue weighted by molar-refractivity contribution is -0.126. The molecule has 2 N–H and O–H groups in total. The van der Waals surface area contributed by atoms with Crippen LogP contribution in [0.2, 0.25) is 0 Å².